The molecule has 0 spiro atoms. The number of nitrogens with zero attached hydrogens (tertiary/aromatic N) is 2. The Morgan fingerprint density at radius 1 is 1.09 bits per heavy atom. The number of hydrogen-bond acceptors (Lipinski definition) is 2. The van der Waals surface area contributed by atoms with Crippen LogP contribution in [0, 0.1) is 12.7 Å². The number of aromatic nitrogens is 2. The second-order valence-corrected chi connectivity index (χ2v) is 4.87. The van der Waals surface area contributed by atoms with E-state index >= 15 is 0 Å². The van der Waals surface area contributed by atoms with Crippen LogP contribution in [0.25, 0.3) is 16.9 Å². The van der Waals surface area contributed by atoms with E-state index < -0.39 is 5.97 Å². The molecule has 0 saturated carbocycles. The third-order valence-corrected chi connectivity index (χ3v) is 3.45. The van der Waals surface area contributed by atoms with E-state index in [9.17, 15) is 14.3 Å². The Kier molecular flexibility index (Phi) is 3.47. The highest BCUT2D eigenvalue weighted by Gasteiger charge is 2.22. The second-order valence-electron chi connectivity index (χ2n) is 4.87. The minimum Gasteiger partial charge on any atom is -0.478 e. The summed E-state index contributed by atoms with van der Waals surface area (Å²) in [5.41, 5.74) is 2.39. The number of rotatable bonds is 3. The fraction of sp³-hybridized carbons (Fsp3) is 0.0588. The first-order valence-corrected chi connectivity index (χ1v) is 6.72. The van der Waals surface area contributed by atoms with E-state index in [1.165, 1.54) is 16.8 Å². The minimum absolute atomic E-state index is 0.149. The van der Waals surface area contributed by atoms with Gasteiger partial charge in [0.05, 0.1) is 11.4 Å². The van der Waals surface area contributed by atoms with Gasteiger partial charge in [-0.3, -0.25) is 0 Å². The van der Waals surface area contributed by atoms with Crippen molar-refractivity contribution >= 4 is 5.97 Å². The van der Waals surface area contributed by atoms with Crippen molar-refractivity contribution in [1.29, 1.82) is 0 Å². The Morgan fingerprint density at radius 2 is 1.73 bits per heavy atom. The first-order chi connectivity index (χ1) is 10.6. The molecule has 3 rings (SSSR count). The SMILES string of the molecule is Cc1c(C(=O)O)c(-c2ccccc2)nn1-c1ccc(F)cc1. The van der Waals surface area contributed by atoms with Crippen molar-refractivity contribution in [2.45, 2.75) is 6.92 Å². The molecule has 3 aromatic rings. The first kappa shape index (κ1) is 14.0. The average Bonchev–Trinajstić information content (AvgIpc) is 2.87. The second kappa shape index (κ2) is 5.44. The van der Waals surface area contributed by atoms with Crippen LogP contribution < -0.4 is 0 Å². The molecule has 0 amide bonds. The third kappa shape index (κ3) is 2.37. The van der Waals surface area contributed by atoms with Gasteiger partial charge in [-0.05, 0) is 31.2 Å². The smallest absolute Gasteiger partial charge is 0.339 e. The van der Waals surface area contributed by atoms with Gasteiger partial charge in [0, 0.05) is 5.56 Å². The van der Waals surface area contributed by atoms with Crippen molar-refractivity contribution in [3.63, 3.8) is 0 Å². The summed E-state index contributed by atoms with van der Waals surface area (Å²) in [4.78, 5) is 11.6. The van der Waals surface area contributed by atoms with Crippen LogP contribution in [0.3, 0.4) is 0 Å². The van der Waals surface area contributed by atoms with E-state index in [-0.39, 0.29) is 11.4 Å². The summed E-state index contributed by atoms with van der Waals surface area (Å²) in [6.07, 6.45) is 0. The summed E-state index contributed by atoms with van der Waals surface area (Å²) in [5.74, 6) is -1.39. The predicted molar refractivity (Wildman–Crippen MR) is 80.7 cm³/mol. The summed E-state index contributed by atoms with van der Waals surface area (Å²) in [6.45, 7) is 1.69. The van der Waals surface area contributed by atoms with Crippen molar-refractivity contribution in [3.8, 4) is 16.9 Å². The van der Waals surface area contributed by atoms with Crippen LogP contribution in [0.4, 0.5) is 4.39 Å². The van der Waals surface area contributed by atoms with Gasteiger partial charge in [0.1, 0.15) is 17.1 Å². The molecular formula is C17H13FN2O2. The maximum absolute atomic E-state index is 13.1. The Labute approximate surface area is 126 Å². The molecule has 0 fully saturated rings. The monoisotopic (exact) mass is 296 g/mol. The maximum Gasteiger partial charge on any atom is 0.339 e. The normalized spacial score (nSPS) is 10.6. The van der Waals surface area contributed by atoms with Crippen molar-refractivity contribution in [3.05, 3.63) is 71.7 Å². The molecule has 1 N–H and O–H groups in total. The molecule has 0 radical (unpaired) electrons. The molecule has 0 aliphatic heterocycles. The zero-order valence-corrected chi connectivity index (χ0v) is 11.8. The highest BCUT2D eigenvalue weighted by molar-refractivity contribution is 5.96. The Hall–Kier alpha value is -2.95. The van der Waals surface area contributed by atoms with Crippen LogP contribution in [0.1, 0.15) is 16.1 Å². The van der Waals surface area contributed by atoms with E-state index in [1.54, 1.807) is 19.1 Å². The Balaban J connectivity index is 2.22. The molecule has 110 valence electrons. The van der Waals surface area contributed by atoms with Gasteiger partial charge in [0.25, 0.3) is 0 Å². The molecule has 0 bridgehead atoms. The summed E-state index contributed by atoms with van der Waals surface area (Å²) >= 11 is 0. The standard InChI is InChI=1S/C17H13FN2O2/c1-11-15(17(21)22)16(12-5-3-2-4-6-12)19-20(11)14-9-7-13(18)8-10-14/h2-10H,1H3,(H,21,22). The zero-order chi connectivity index (χ0) is 15.7. The minimum atomic E-state index is -1.04. The van der Waals surface area contributed by atoms with Crippen LogP contribution in [0.2, 0.25) is 0 Å². The van der Waals surface area contributed by atoms with E-state index in [1.807, 2.05) is 30.3 Å². The van der Waals surface area contributed by atoms with E-state index in [0.717, 1.165) is 5.56 Å². The van der Waals surface area contributed by atoms with Crippen LogP contribution in [0.15, 0.2) is 54.6 Å². The lowest BCUT2D eigenvalue weighted by molar-refractivity contribution is 0.0697. The van der Waals surface area contributed by atoms with Gasteiger partial charge in [-0.15, -0.1) is 0 Å². The van der Waals surface area contributed by atoms with E-state index in [0.29, 0.717) is 17.1 Å². The number of hydrogen-bond donors (Lipinski definition) is 1. The fourth-order valence-corrected chi connectivity index (χ4v) is 2.39. The molecule has 0 aliphatic rings. The van der Waals surface area contributed by atoms with Crippen LogP contribution in [-0.2, 0) is 0 Å². The van der Waals surface area contributed by atoms with Crippen molar-refractivity contribution in [2.75, 3.05) is 0 Å². The molecule has 1 heterocycles. The predicted octanol–water partition coefficient (Wildman–Crippen LogP) is 3.69. The van der Waals surface area contributed by atoms with Gasteiger partial charge < -0.3 is 5.11 Å². The van der Waals surface area contributed by atoms with Gasteiger partial charge in [-0.2, -0.15) is 5.10 Å². The zero-order valence-electron chi connectivity index (χ0n) is 11.8. The molecule has 0 aliphatic carbocycles. The largest absolute Gasteiger partial charge is 0.478 e. The van der Waals surface area contributed by atoms with Crippen molar-refractivity contribution in [2.24, 2.45) is 0 Å². The Morgan fingerprint density at radius 3 is 2.32 bits per heavy atom. The molecule has 0 saturated heterocycles. The van der Waals surface area contributed by atoms with Gasteiger partial charge in [0.15, 0.2) is 0 Å². The van der Waals surface area contributed by atoms with Gasteiger partial charge in [0.2, 0.25) is 0 Å². The van der Waals surface area contributed by atoms with Crippen LogP contribution in [-0.4, -0.2) is 20.9 Å². The number of aromatic carboxylic acids is 1. The Bertz CT molecular complexity index is 824. The number of carboxylic acids is 1. The molecule has 5 heteroatoms. The lowest BCUT2D eigenvalue weighted by atomic mass is 10.1. The van der Waals surface area contributed by atoms with Crippen LogP contribution in [0.5, 0.6) is 0 Å². The highest BCUT2D eigenvalue weighted by Crippen LogP contribution is 2.27. The lowest BCUT2D eigenvalue weighted by Crippen LogP contribution is -2.02. The molecule has 2 aromatic carbocycles. The van der Waals surface area contributed by atoms with Crippen LogP contribution >= 0.6 is 0 Å². The summed E-state index contributed by atoms with van der Waals surface area (Å²) in [5, 5.41) is 13.9. The highest BCUT2D eigenvalue weighted by atomic mass is 19.1. The number of carboxylic acid groups (broad SMARTS) is 1. The van der Waals surface area contributed by atoms with Gasteiger partial charge in [-0.25, -0.2) is 13.9 Å². The van der Waals surface area contributed by atoms with Crippen molar-refractivity contribution < 1.29 is 14.3 Å². The number of carbonyl (C=O) groups is 1. The van der Waals surface area contributed by atoms with E-state index in [2.05, 4.69) is 5.10 Å². The van der Waals surface area contributed by atoms with Gasteiger partial charge >= 0.3 is 5.97 Å². The van der Waals surface area contributed by atoms with E-state index in [4.69, 9.17) is 0 Å². The average molecular weight is 296 g/mol. The summed E-state index contributed by atoms with van der Waals surface area (Å²) in [7, 11) is 0. The maximum atomic E-state index is 13.1. The summed E-state index contributed by atoms with van der Waals surface area (Å²) in [6, 6.07) is 14.9. The molecule has 22 heavy (non-hydrogen) atoms. The topological polar surface area (TPSA) is 55.1 Å². The number of halogens is 1. The lowest BCUT2D eigenvalue weighted by Gasteiger charge is -2.03. The first-order valence-electron chi connectivity index (χ1n) is 6.72. The molecular weight excluding hydrogens is 283 g/mol. The van der Waals surface area contributed by atoms with Crippen molar-refractivity contribution in [1.82, 2.24) is 9.78 Å². The third-order valence-electron chi connectivity index (χ3n) is 3.45. The molecule has 4 nitrogen and oxygen atoms in total. The quantitative estimate of drug-likeness (QED) is 0.802. The molecule has 0 unspecified atom stereocenters. The molecule has 1 aromatic heterocycles. The molecule has 0 atom stereocenters. The van der Waals surface area contributed by atoms with Gasteiger partial charge in [-0.1, -0.05) is 30.3 Å². The summed E-state index contributed by atoms with van der Waals surface area (Å²) < 4.78 is 14.6. The number of benzene rings is 2. The fourth-order valence-electron chi connectivity index (χ4n) is 2.39.